The zero-order valence-corrected chi connectivity index (χ0v) is 14.5. The fourth-order valence-electron chi connectivity index (χ4n) is 2.94. The first-order chi connectivity index (χ1) is 11.5. The number of hydrogen-bond donors (Lipinski definition) is 0. The van der Waals surface area contributed by atoms with Gasteiger partial charge in [0.25, 0.3) is 5.91 Å². The van der Waals surface area contributed by atoms with E-state index in [9.17, 15) is 9.59 Å². The van der Waals surface area contributed by atoms with E-state index < -0.39 is 0 Å². The van der Waals surface area contributed by atoms with Crippen LogP contribution in [0.15, 0.2) is 48.5 Å². The molecule has 1 aliphatic rings. The average Bonchev–Trinajstić information content (AvgIpc) is 2.57. The largest absolute Gasteiger partial charge is 0.325 e. The Bertz CT molecular complexity index is 773. The van der Waals surface area contributed by atoms with Gasteiger partial charge in [0.2, 0.25) is 5.91 Å². The molecule has 0 aromatic heterocycles. The second-order valence-electron chi connectivity index (χ2n) is 6.13. The Kier molecular flexibility index (Phi) is 4.58. The lowest BCUT2D eigenvalue weighted by atomic mass is 10.1. The second-order valence-corrected chi connectivity index (χ2v) is 6.57. The number of carbonyl (C=O) groups excluding carboxylic acids is 2. The molecule has 24 heavy (non-hydrogen) atoms. The van der Waals surface area contributed by atoms with E-state index >= 15 is 0 Å². The normalized spacial score (nSPS) is 18.0. The van der Waals surface area contributed by atoms with Gasteiger partial charge in [-0.1, -0.05) is 29.3 Å². The van der Waals surface area contributed by atoms with E-state index in [1.165, 1.54) is 0 Å². The van der Waals surface area contributed by atoms with E-state index in [-0.39, 0.29) is 24.4 Å². The third-order valence-corrected chi connectivity index (χ3v) is 4.50. The number of aryl methyl sites for hydroxylation is 1. The van der Waals surface area contributed by atoms with Crippen molar-refractivity contribution >= 4 is 29.1 Å². The first kappa shape index (κ1) is 16.5. The summed E-state index contributed by atoms with van der Waals surface area (Å²) < 4.78 is 0. The lowest BCUT2D eigenvalue weighted by molar-refractivity contribution is -0.121. The van der Waals surface area contributed by atoms with Crippen LogP contribution in [0.2, 0.25) is 5.02 Å². The number of halogens is 1. The highest BCUT2D eigenvalue weighted by Crippen LogP contribution is 2.23. The van der Waals surface area contributed by atoms with Gasteiger partial charge in [-0.25, -0.2) is 0 Å². The number of amides is 2. The zero-order valence-electron chi connectivity index (χ0n) is 13.7. The fraction of sp³-hybridized carbons (Fsp3) is 0.263. The topological polar surface area (TPSA) is 40.6 Å². The summed E-state index contributed by atoms with van der Waals surface area (Å²) in [4.78, 5) is 28.6. The van der Waals surface area contributed by atoms with Crippen LogP contribution in [-0.2, 0) is 4.79 Å². The van der Waals surface area contributed by atoms with Crippen molar-refractivity contribution in [3.8, 4) is 0 Å². The molecule has 0 saturated carbocycles. The molecule has 0 spiro atoms. The molecule has 2 aromatic carbocycles. The van der Waals surface area contributed by atoms with Gasteiger partial charge in [0.05, 0.1) is 0 Å². The summed E-state index contributed by atoms with van der Waals surface area (Å²) in [6.45, 7) is 4.46. The van der Waals surface area contributed by atoms with Crippen molar-refractivity contribution in [2.24, 2.45) is 0 Å². The molecule has 0 unspecified atom stereocenters. The molecule has 3 rings (SSSR count). The minimum Gasteiger partial charge on any atom is -0.325 e. The molecule has 2 aromatic rings. The van der Waals surface area contributed by atoms with Crippen molar-refractivity contribution in [2.45, 2.75) is 19.9 Å². The van der Waals surface area contributed by atoms with Crippen LogP contribution in [0.25, 0.3) is 0 Å². The Morgan fingerprint density at radius 2 is 1.88 bits per heavy atom. The van der Waals surface area contributed by atoms with Crippen molar-refractivity contribution in [3.05, 3.63) is 64.7 Å². The fourth-order valence-corrected chi connectivity index (χ4v) is 3.06. The SMILES string of the molecule is Cc1cccc(C(=O)N2CC(=O)N(c3ccc(Cl)cc3)C[C@H]2C)c1. The van der Waals surface area contributed by atoms with E-state index in [2.05, 4.69) is 0 Å². The zero-order chi connectivity index (χ0) is 17.3. The van der Waals surface area contributed by atoms with Gasteiger partial charge in [0.1, 0.15) is 6.54 Å². The van der Waals surface area contributed by atoms with Crippen LogP contribution in [-0.4, -0.2) is 35.8 Å². The van der Waals surface area contributed by atoms with Crippen molar-refractivity contribution in [3.63, 3.8) is 0 Å². The molecule has 5 heteroatoms. The van der Waals surface area contributed by atoms with Gasteiger partial charge in [-0.2, -0.15) is 0 Å². The molecule has 0 N–H and O–H groups in total. The van der Waals surface area contributed by atoms with Gasteiger partial charge in [-0.15, -0.1) is 0 Å². The maximum Gasteiger partial charge on any atom is 0.254 e. The molecule has 1 aliphatic heterocycles. The number of hydrogen-bond acceptors (Lipinski definition) is 2. The van der Waals surface area contributed by atoms with Crippen LogP contribution >= 0.6 is 11.6 Å². The highest BCUT2D eigenvalue weighted by atomic mass is 35.5. The van der Waals surface area contributed by atoms with Crippen LogP contribution in [0.3, 0.4) is 0 Å². The summed E-state index contributed by atoms with van der Waals surface area (Å²) in [6.07, 6.45) is 0. The molecule has 2 amide bonds. The van der Waals surface area contributed by atoms with E-state index in [1.54, 1.807) is 28.0 Å². The smallest absolute Gasteiger partial charge is 0.254 e. The quantitative estimate of drug-likeness (QED) is 0.837. The number of nitrogens with zero attached hydrogens (tertiary/aromatic N) is 2. The summed E-state index contributed by atoms with van der Waals surface area (Å²) in [5.74, 6) is -0.188. The molecule has 4 nitrogen and oxygen atoms in total. The van der Waals surface area contributed by atoms with Gasteiger partial charge in [0, 0.05) is 28.9 Å². The third-order valence-electron chi connectivity index (χ3n) is 4.25. The highest BCUT2D eigenvalue weighted by molar-refractivity contribution is 6.30. The summed E-state index contributed by atoms with van der Waals surface area (Å²) in [5.41, 5.74) is 2.45. The van der Waals surface area contributed by atoms with Crippen LogP contribution in [0.1, 0.15) is 22.8 Å². The molecule has 1 heterocycles. The molecule has 0 aliphatic carbocycles. The van der Waals surface area contributed by atoms with Crippen LogP contribution in [0, 0.1) is 6.92 Å². The van der Waals surface area contributed by atoms with Crippen molar-refractivity contribution in [1.29, 1.82) is 0 Å². The summed E-state index contributed by atoms with van der Waals surface area (Å²) in [6, 6.07) is 14.6. The van der Waals surface area contributed by atoms with E-state index in [1.807, 2.05) is 44.2 Å². The number of carbonyl (C=O) groups is 2. The Morgan fingerprint density at radius 1 is 1.17 bits per heavy atom. The molecule has 1 atom stereocenters. The third kappa shape index (κ3) is 3.29. The standard InChI is InChI=1S/C19H19ClN2O2/c1-13-4-3-5-15(10-13)19(24)21-12-18(23)22(11-14(21)2)17-8-6-16(20)7-9-17/h3-10,14H,11-12H2,1-2H3/t14-/m1/s1. The van der Waals surface area contributed by atoms with Crippen molar-refractivity contribution in [1.82, 2.24) is 4.90 Å². The first-order valence-electron chi connectivity index (χ1n) is 7.89. The average molecular weight is 343 g/mol. The minimum atomic E-state index is -0.102. The Labute approximate surface area is 146 Å². The van der Waals surface area contributed by atoms with E-state index in [0.717, 1.165) is 11.3 Å². The molecule has 1 saturated heterocycles. The molecule has 0 bridgehead atoms. The number of benzene rings is 2. The molecular formula is C19H19ClN2O2. The molecule has 0 radical (unpaired) electrons. The Morgan fingerprint density at radius 3 is 2.54 bits per heavy atom. The molecule has 124 valence electrons. The predicted octanol–water partition coefficient (Wildman–Crippen LogP) is 3.53. The Balaban J connectivity index is 1.79. The first-order valence-corrected chi connectivity index (χ1v) is 8.27. The van der Waals surface area contributed by atoms with Gasteiger partial charge < -0.3 is 9.80 Å². The van der Waals surface area contributed by atoms with Gasteiger partial charge in [0.15, 0.2) is 0 Å². The van der Waals surface area contributed by atoms with Crippen LogP contribution in [0.4, 0.5) is 5.69 Å². The van der Waals surface area contributed by atoms with E-state index in [4.69, 9.17) is 11.6 Å². The highest BCUT2D eigenvalue weighted by Gasteiger charge is 2.33. The number of anilines is 1. The maximum atomic E-state index is 12.7. The van der Waals surface area contributed by atoms with Crippen LogP contribution < -0.4 is 4.90 Å². The maximum absolute atomic E-state index is 12.7. The monoisotopic (exact) mass is 342 g/mol. The van der Waals surface area contributed by atoms with Gasteiger partial charge >= 0.3 is 0 Å². The Hall–Kier alpha value is -2.33. The van der Waals surface area contributed by atoms with Crippen LogP contribution in [0.5, 0.6) is 0 Å². The molecule has 1 fully saturated rings. The lowest BCUT2D eigenvalue weighted by Gasteiger charge is -2.39. The second kappa shape index (κ2) is 6.65. The lowest BCUT2D eigenvalue weighted by Crippen LogP contribution is -2.57. The summed E-state index contributed by atoms with van der Waals surface area (Å²) >= 11 is 5.90. The van der Waals surface area contributed by atoms with E-state index in [0.29, 0.717) is 17.1 Å². The summed E-state index contributed by atoms with van der Waals surface area (Å²) in [7, 11) is 0. The number of rotatable bonds is 2. The minimum absolute atomic E-state index is 0.0635. The van der Waals surface area contributed by atoms with Gasteiger partial charge in [-0.05, 0) is 50.2 Å². The van der Waals surface area contributed by atoms with Crippen molar-refractivity contribution < 1.29 is 9.59 Å². The molecular weight excluding hydrogens is 324 g/mol. The predicted molar refractivity (Wildman–Crippen MR) is 95.5 cm³/mol. The summed E-state index contributed by atoms with van der Waals surface area (Å²) in [5, 5.41) is 0.632. The number of piperazine rings is 1. The van der Waals surface area contributed by atoms with Gasteiger partial charge in [-0.3, -0.25) is 9.59 Å². The van der Waals surface area contributed by atoms with Crippen molar-refractivity contribution in [2.75, 3.05) is 18.0 Å².